The van der Waals surface area contributed by atoms with Crippen molar-refractivity contribution in [2.45, 2.75) is 104 Å². The Bertz CT molecular complexity index is 1100. The Labute approximate surface area is 263 Å². The van der Waals surface area contributed by atoms with Crippen LogP contribution < -0.4 is 17.1 Å². The molecule has 0 aliphatic rings. The van der Waals surface area contributed by atoms with Crippen LogP contribution in [-0.4, -0.2) is 117 Å². The number of rotatable bonds is 24. The summed E-state index contributed by atoms with van der Waals surface area (Å²) in [6.45, 7) is 11.6. The molecule has 0 bridgehead atoms. The number of carbonyl (C=O) groups excluding carboxylic acids is 2. The molecule has 6 atom stereocenters. The number of nitrogens with one attached hydrogen (secondary N) is 1. The maximum absolute atomic E-state index is 12.8. The molecule has 0 aliphatic carbocycles. The van der Waals surface area contributed by atoms with E-state index in [9.17, 15) is 24.0 Å². The van der Waals surface area contributed by atoms with Crippen LogP contribution in [0.1, 0.15) is 54.4 Å². The lowest BCUT2D eigenvalue weighted by Gasteiger charge is -2.19. The third-order valence-corrected chi connectivity index (χ3v) is 6.47. The molecule has 16 heteroatoms. The van der Waals surface area contributed by atoms with E-state index >= 15 is 0 Å². The van der Waals surface area contributed by atoms with Crippen LogP contribution in [0.15, 0.2) is 14.4 Å². The third kappa shape index (κ3) is 16.8. The molecule has 1 N–H and O–H groups in total. The van der Waals surface area contributed by atoms with E-state index in [-0.39, 0.29) is 76.8 Å². The number of aromatic amines is 1. The van der Waals surface area contributed by atoms with Crippen LogP contribution in [0, 0.1) is 0 Å². The van der Waals surface area contributed by atoms with Crippen LogP contribution in [-0.2, 0) is 60.6 Å². The minimum absolute atomic E-state index is 0.0440. The summed E-state index contributed by atoms with van der Waals surface area (Å²) < 4.78 is 44.4. The predicted molar refractivity (Wildman–Crippen MR) is 161 cm³/mol. The molecule has 0 fully saturated rings. The van der Waals surface area contributed by atoms with Gasteiger partial charge in [-0.2, -0.15) is 0 Å². The molecule has 1 aromatic rings. The van der Waals surface area contributed by atoms with Crippen molar-refractivity contribution in [3.05, 3.63) is 31.5 Å². The molecule has 0 aromatic carbocycles. The number of H-pyrrole nitrogens is 1. The van der Waals surface area contributed by atoms with Gasteiger partial charge in [0.2, 0.25) is 0 Å². The Balaban J connectivity index is 2.49. The van der Waals surface area contributed by atoms with E-state index in [1.165, 1.54) is 0 Å². The van der Waals surface area contributed by atoms with Crippen molar-refractivity contribution in [3.8, 4) is 0 Å². The minimum Gasteiger partial charge on any atom is -0.463 e. The van der Waals surface area contributed by atoms with Crippen LogP contribution in [0.2, 0.25) is 0 Å². The average molecular weight is 650 g/mol. The number of hydrogen-bond acceptors (Lipinski definition) is 13. The second kappa shape index (κ2) is 21.8. The van der Waals surface area contributed by atoms with E-state index < -0.39 is 41.2 Å². The quantitative estimate of drug-likeness (QED) is 0.151. The Hall–Kier alpha value is -2.89. The summed E-state index contributed by atoms with van der Waals surface area (Å²) >= 11 is 0. The van der Waals surface area contributed by atoms with Crippen LogP contribution in [0.5, 0.6) is 0 Å². The largest absolute Gasteiger partial charge is 0.463 e. The molecule has 1 aromatic heterocycles. The van der Waals surface area contributed by atoms with Gasteiger partial charge in [-0.3, -0.25) is 14.6 Å². The number of ether oxygens (including phenoxy) is 8. The van der Waals surface area contributed by atoms with Gasteiger partial charge in [0.25, 0.3) is 0 Å². The molecule has 0 saturated heterocycles. The zero-order valence-corrected chi connectivity index (χ0v) is 27.7. The van der Waals surface area contributed by atoms with Gasteiger partial charge in [-0.25, -0.2) is 23.5 Å². The van der Waals surface area contributed by atoms with E-state index in [2.05, 4.69) is 0 Å². The smallest absolute Gasteiger partial charge is 0.336 e. The fourth-order valence-corrected chi connectivity index (χ4v) is 3.44. The zero-order valence-electron chi connectivity index (χ0n) is 27.7. The van der Waals surface area contributed by atoms with Gasteiger partial charge in [-0.15, -0.1) is 0 Å². The summed E-state index contributed by atoms with van der Waals surface area (Å²) in [4.78, 5) is 63.8. The first-order valence-electron chi connectivity index (χ1n) is 15.0. The summed E-state index contributed by atoms with van der Waals surface area (Å²) in [6.07, 6.45) is -1.93. The van der Waals surface area contributed by atoms with Gasteiger partial charge in [0.1, 0.15) is 13.2 Å². The molecule has 45 heavy (non-hydrogen) atoms. The molecule has 0 radical (unpaired) electrons. The number of carbonyl (C=O) groups is 2. The third-order valence-electron chi connectivity index (χ3n) is 6.47. The summed E-state index contributed by atoms with van der Waals surface area (Å²) in [7, 11) is 3.19. The van der Waals surface area contributed by atoms with Crippen molar-refractivity contribution in [1.29, 1.82) is 0 Å². The number of esters is 2. The molecule has 0 aliphatic heterocycles. The van der Waals surface area contributed by atoms with Gasteiger partial charge in [0.15, 0.2) is 0 Å². The Morgan fingerprint density at radius 1 is 0.556 bits per heavy atom. The number of nitrogens with zero attached hydrogens (tertiary/aromatic N) is 2. The van der Waals surface area contributed by atoms with Crippen molar-refractivity contribution >= 4 is 11.9 Å². The lowest BCUT2D eigenvalue weighted by molar-refractivity contribution is -0.149. The summed E-state index contributed by atoms with van der Waals surface area (Å²) in [5.41, 5.74) is -2.93. The number of methoxy groups -OCH3 is 2. The highest BCUT2D eigenvalue weighted by Gasteiger charge is 2.16. The van der Waals surface area contributed by atoms with E-state index in [0.717, 1.165) is 0 Å². The SMILES string of the molecule is COC(C)COC(C)COC(C)COC(=O)CCn1c(=O)[nH]c(=O)n(CCC(=O)OCC(C)OCC(C)OCC(C)OC)c1=O. The molecule has 260 valence electrons. The molecule has 0 spiro atoms. The van der Waals surface area contributed by atoms with Crippen molar-refractivity contribution in [1.82, 2.24) is 14.1 Å². The molecule has 0 saturated carbocycles. The Morgan fingerprint density at radius 3 is 1.20 bits per heavy atom. The Morgan fingerprint density at radius 2 is 0.867 bits per heavy atom. The predicted octanol–water partition coefficient (Wildman–Crippen LogP) is 0.255. The lowest BCUT2D eigenvalue weighted by Crippen LogP contribution is -2.49. The fourth-order valence-electron chi connectivity index (χ4n) is 3.44. The first kappa shape index (κ1) is 40.1. The van der Waals surface area contributed by atoms with E-state index in [0.29, 0.717) is 22.3 Å². The molecular weight excluding hydrogens is 598 g/mol. The van der Waals surface area contributed by atoms with Crippen LogP contribution in [0.25, 0.3) is 0 Å². The van der Waals surface area contributed by atoms with Crippen molar-refractivity contribution in [3.63, 3.8) is 0 Å². The van der Waals surface area contributed by atoms with Crippen molar-refractivity contribution < 1.29 is 47.5 Å². The van der Waals surface area contributed by atoms with Gasteiger partial charge >= 0.3 is 29.0 Å². The molecule has 0 amide bonds. The number of aromatic nitrogens is 3. The highest BCUT2D eigenvalue weighted by Crippen LogP contribution is 2.02. The fraction of sp³-hybridized carbons (Fsp3) is 0.828. The molecule has 1 rings (SSSR count). The van der Waals surface area contributed by atoms with E-state index in [1.54, 1.807) is 28.1 Å². The van der Waals surface area contributed by atoms with Crippen LogP contribution in [0.3, 0.4) is 0 Å². The highest BCUT2D eigenvalue weighted by molar-refractivity contribution is 5.69. The maximum Gasteiger partial charge on any atom is 0.336 e. The highest BCUT2D eigenvalue weighted by atomic mass is 16.6. The first-order valence-corrected chi connectivity index (χ1v) is 15.0. The van der Waals surface area contributed by atoms with Crippen molar-refractivity contribution in [2.24, 2.45) is 0 Å². The van der Waals surface area contributed by atoms with Crippen molar-refractivity contribution in [2.75, 3.05) is 53.9 Å². The Kier molecular flexibility index (Phi) is 19.4. The van der Waals surface area contributed by atoms with E-state index in [1.807, 2.05) is 32.7 Å². The van der Waals surface area contributed by atoms with E-state index in [4.69, 9.17) is 37.9 Å². The summed E-state index contributed by atoms with van der Waals surface area (Å²) in [5.74, 6) is -1.34. The van der Waals surface area contributed by atoms with Gasteiger partial charge < -0.3 is 37.9 Å². The zero-order chi connectivity index (χ0) is 33.9. The average Bonchev–Trinajstić information content (AvgIpc) is 3.01. The number of hydrogen-bond donors (Lipinski definition) is 1. The minimum atomic E-state index is -0.981. The maximum atomic E-state index is 12.8. The van der Waals surface area contributed by atoms with Gasteiger partial charge in [-0.05, 0) is 41.5 Å². The summed E-state index contributed by atoms with van der Waals surface area (Å²) in [6, 6.07) is 0. The summed E-state index contributed by atoms with van der Waals surface area (Å²) in [5, 5.41) is 0. The normalized spacial score (nSPS) is 15.6. The molecule has 16 nitrogen and oxygen atoms in total. The topological polar surface area (TPSA) is 185 Å². The molecule has 1 heterocycles. The second-order valence-electron chi connectivity index (χ2n) is 10.9. The molecule has 6 unspecified atom stereocenters. The van der Waals surface area contributed by atoms with Crippen LogP contribution in [0.4, 0.5) is 0 Å². The van der Waals surface area contributed by atoms with Gasteiger partial charge in [-0.1, -0.05) is 0 Å². The van der Waals surface area contributed by atoms with Gasteiger partial charge in [0.05, 0.1) is 75.9 Å². The van der Waals surface area contributed by atoms with Crippen LogP contribution >= 0.6 is 0 Å². The molecular formula is C29H51N3O13. The standard InChI is InChI=1S/C29H51N3O13/c1-19(38-7)13-40-21(3)15-42-23(5)17-44-25(33)9-11-31-27(35)30-28(36)32(29(31)37)12-10-26(34)45-18-24(6)43-16-22(4)41-14-20(2)39-8/h19-24H,9-18H2,1-8H3,(H,30,35,36). The monoisotopic (exact) mass is 649 g/mol. The van der Waals surface area contributed by atoms with Gasteiger partial charge in [0, 0.05) is 27.3 Å². The first-order chi connectivity index (χ1) is 21.3. The second-order valence-corrected chi connectivity index (χ2v) is 10.9. The lowest BCUT2D eigenvalue weighted by atomic mass is 10.3.